The monoisotopic (exact) mass is 182 g/mol. The summed E-state index contributed by atoms with van der Waals surface area (Å²) in [5, 5.41) is 0.951. The molecule has 0 spiro atoms. The molecule has 0 radical (unpaired) electrons. The van der Waals surface area contributed by atoms with Gasteiger partial charge in [0, 0.05) is 17.8 Å². The molecule has 0 N–H and O–H groups in total. The summed E-state index contributed by atoms with van der Waals surface area (Å²) in [7, 11) is 0. The van der Waals surface area contributed by atoms with Gasteiger partial charge < -0.3 is 0 Å². The molecular weight excluding hydrogens is 176 g/mol. The van der Waals surface area contributed by atoms with E-state index in [1.54, 1.807) is 6.20 Å². The minimum absolute atomic E-state index is 0. The molecule has 1 amide bonds. The van der Waals surface area contributed by atoms with Crippen LogP contribution >= 0.6 is 12.4 Å². The fourth-order valence-electron chi connectivity index (χ4n) is 1.02. The Labute approximate surface area is 75.3 Å². The number of carbonyl (C=O) groups excluding carboxylic acids is 1. The van der Waals surface area contributed by atoms with Gasteiger partial charge in [0.05, 0.1) is 0 Å². The molecular formula is C8H7ClN2O. The first kappa shape index (κ1) is 8.87. The van der Waals surface area contributed by atoms with Crippen molar-refractivity contribution in [2.24, 2.45) is 4.99 Å². The highest BCUT2D eigenvalue weighted by molar-refractivity contribution is 5.85. The number of aromatic nitrogens is 1. The molecule has 2 heterocycles. The Kier molecular flexibility index (Phi) is 2.55. The van der Waals surface area contributed by atoms with Crippen LogP contribution in [0.1, 0.15) is 6.42 Å². The Hall–Kier alpha value is -1.22. The lowest BCUT2D eigenvalue weighted by Crippen LogP contribution is -2.31. The lowest BCUT2D eigenvalue weighted by atomic mass is 10.2. The van der Waals surface area contributed by atoms with Crippen LogP contribution in [0.3, 0.4) is 0 Å². The Morgan fingerprint density at radius 2 is 2.25 bits per heavy atom. The SMILES string of the molecule is Cl.O=C1CC=c2cccnc2=N1. The summed E-state index contributed by atoms with van der Waals surface area (Å²) in [4.78, 5) is 18.5. The zero-order valence-corrected chi connectivity index (χ0v) is 7.04. The number of carbonyl (C=O) groups is 1. The number of pyridine rings is 1. The highest BCUT2D eigenvalue weighted by Crippen LogP contribution is 1.87. The minimum atomic E-state index is -0.115. The van der Waals surface area contributed by atoms with Crippen LogP contribution < -0.4 is 10.7 Å². The predicted molar refractivity (Wildman–Crippen MR) is 46.4 cm³/mol. The lowest BCUT2D eigenvalue weighted by Gasteiger charge is -1.94. The number of amides is 1. The molecule has 4 heteroatoms. The summed E-state index contributed by atoms with van der Waals surface area (Å²) in [6, 6.07) is 3.74. The summed E-state index contributed by atoms with van der Waals surface area (Å²) < 4.78 is 0. The summed E-state index contributed by atoms with van der Waals surface area (Å²) in [5.74, 6) is -0.115. The van der Waals surface area contributed by atoms with Crippen molar-refractivity contribution in [1.29, 1.82) is 0 Å². The number of rotatable bonds is 0. The van der Waals surface area contributed by atoms with Crippen LogP contribution in [0.5, 0.6) is 0 Å². The zero-order valence-electron chi connectivity index (χ0n) is 6.23. The fourth-order valence-corrected chi connectivity index (χ4v) is 1.02. The standard InChI is InChI=1S/C8H6N2O.ClH/c11-7-4-3-6-2-1-5-9-8(6)10-7;/h1-3,5H,4H2;1H. The third kappa shape index (κ3) is 1.51. The third-order valence-electron chi connectivity index (χ3n) is 1.54. The molecule has 1 aliphatic rings. The molecule has 2 rings (SSSR count). The number of hydrogen-bond donors (Lipinski definition) is 0. The van der Waals surface area contributed by atoms with Crippen molar-refractivity contribution in [2.75, 3.05) is 0 Å². The van der Waals surface area contributed by atoms with E-state index in [0.29, 0.717) is 11.9 Å². The largest absolute Gasteiger partial charge is 0.272 e. The summed E-state index contributed by atoms with van der Waals surface area (Å²) in [6.45, 7) is 0. The fraction of sp³-hybridized carbons (Fsp3) is 0.125. The van der Waals surface area contributed by atoms with Gasteiger partial charge in [-0.3, -0.25) is 4.79 Å². The van der Waals surface area contributed by atoms with Crippen molar-refractivity contribution < 1.29 is 4.79 Å². The summed E-state index contributed by atoms with van der Waals surface area (Å²) in [6.07, 6.45) is 3.88. The Morgan fingerprint density at radius 3 is 3.08 bits per heavy atom. The first-order valence-corrected chi connectivity index (χ1v) is 3.39. The molecule has 0 unspecified atom stereocenters. The van der Waals surface area contributed by atoms with Gasteiger partial charge in [-0.15, -0.1) is 12.4 Å². The smallest absolute Gasteiger partial charge is 0.251 e. The van der Waals surface area contributed by atoms with Crippen molar-refractivity contribution in [2.45, 2.75) is 6.42 Å². The maximum Gasteiger partial charge on any atom is 0.251 e. The average molecular weight is 183 g/mol. The van der Waals surface area contributed by atoms with Crippen LogP contribution in [0.25, 0.3) is 6.08 Å². The second kappa shape index (κ2) is 3.45. The highest BCUT2D eigenvalue weighted by atomic mass is 35.5. The summed E-state index contributed by atoms with van der Waals surface area (Å²) >= 11 is 0. The van der Waals surface area contributed by atoms with E-state index in [2.05, 4.69) is 9.98 Å². The number of fused-ring (bicyclic) bond motifs is 1. The zero-order chi connectivity index (χ0) is 7.68. The van der Waals surface area contributed by atoms with E-state index >= 15 is 0 Å². The van der Waals surface area contributed by atoms with Gasteiger partial charge in [-0.2, -0.15) is 4.99 Å². The molecule has 0 aromatic carbocycles. The molecule has 0 saturated heterocycles. The molecule has 0 bridgehead atoms. The van der Waals surface area contributed by atoms with E-state index in [4.69, 9.17) is 0 Å². The van der Waals surface area contributed by atoms with Gasteiger partial charge in [0.1, 0.15) is 0 Å². The first-order chi connectivity index (χ1) is 5.36. The van der Waals surface area contributed by atoms with Crippen LogP contribution in [0, 0.1) is 0 Å². The molecule has 0 fully saturated rings. The van der Waals surface area contributed by atoms with Crippen LogP contribution in [0.2, 0.25) is 0 Å². The number of nitrogens with zero attached hydrogens (tertiary/aromatic N) is 2. The van der Waals surface area contributed by atoms with E-state index in [-0.39, 0.29) is 18.3 Å². The van der Waals surface area contributed by atoms with E-state index in [1.807, 2.05) is 18.2 Å². The lowest BCUT2D eigenvalue weighted by molar-refractivity contribution is -0.117. The second-order valence-corrected chi connectivity index (χ2v) is 2.33. The molecule has 3 nitrogen and oxygen atoms in total. The van der Waals surface area contributed by atoms with Gasteiger partial charge in [0.25, 0.3) is 5.91 Å². The van der Waals surface area contributed by atoms with E-state index in [9.17, 15) is 4.79 Å². The topological polar surface area (TPSA) is 42.3 Å². The molecule has 1 aromatic rings. The minimum Gasteiger partial charge on any atom is -0.272 e. The normalized spacial score (nSPS) is 13.5. The maximum atomic E-state index is 10.8. The average Bonchev–Trinajstić information content (AvgIpc) is 2.04. The summed E-state index contributed by atoms with van der Waals surface area (Å²) in [5.41, 5.74) is 0.545. The molecule has 0 atom stereocenters. The van der Waals surface area contributed by atoms with Gasteiger partial charge in [-0.05, 0) is 12.1 Å². The first-order valence-electron chi connectivity index (χ1n) is 3.39. The molecule has 1 aromatic heterocycles. The highest BCUT2D eigenvalue weighted by Gasteiger charge is 2.01. The van der Waals surface area contributed by atoms with Crippen molar-refractivity contribution in [3.05, 3.63) is 29.0 Å². The molecule has 62 valence electrons. The predicted octanol–water partition coefficient (Wildman–Crippen LogP) is -0.166. The van der Waals surface area contributed by atoms with Crippen molar-refractivity contribution in [3.8, 4) is 0 Å². The van der Waals surface area contributed by atoms with Crippen LogP contribution in [0.15, 0.2) is 23.3 Å². The molecule has 1 aliphatic heterocycles. The van der Waals surface area contributed by atoms with E-state index < -0.39 is 0 Å². The molecule has 0 saturated carbocycles. The quantitative estimate of drug-likeness (QED) is 0.559. The van der Waals surface area contributed by atoms with Crippen molar-refractivity contribution >= 4 is 24.4 Å². The third-order valence-corrected chi connectivity index (χ3v) is 1.54. The van der Waals surface area contributed by atoms with Gasteiger partial charge in [-0.1, -0.05) is 6.08 Å². The van der Waals surface area contributed by atoms with Crippen LogP contribution in [-0.2, 0) is 4.79 Å². The molecule has 0 aliphatic carbocycles. The van der Waals surface area contributed by atoms with Gasteiger partial charge in [0.2, 0.25) is 0 Å². The Bertz CT molecular complexity index is 413. The second-order valence-electron chi connectivity index (χ2n) is 2.33. The van der Waals surface area contributed by atoms with Gasteiger partial charge in [-0.25, -0.2) is 4.98 Å². The van der Waals surface area contributed by atoms with E-state index in [1.165, 1.54) is 0 Å². The van der Waals surface area contributed by atoms with E-state index in [0.717, 1.165) is 5.22 Å². The van der Waals surface area contributed by atoms with Crippen molar-refractivity contribution in [1.82, 2.24) is 4.98 Å². The van der Waals surface area contributed by atoms with Gasteiger partial charge in [0.15, 0.2) is 5.49 Å². The van der Waals surface area contributed by atoms with Crippen LogP contribution in [0.4, 0.5) is 0 Å². The maximum absolute atomic E-state index is 10.8. The van der Waals surface area contributed by atoms with Gasteiger partial charge >= 0.3 is 0 Å². The van der Waals surface area contributed by atoms with Crippen molar-refractivity contribution in [3.63, 3.8) is 0 Å². The molecule has 12 heavy (non-hydrogen) atoms. The Balaban J connectivity index is 0.000000720. The number of hydrogen-bond acceptors (Lipinski definition) is 2. The van der Waals surface area contributed by atoms with Crippen LogP contribution in [-0.4, -0.2) is 10.9 Å². The number of halogens is 1. The Morgan fingerprint density at radius 1 is 1.42 bits per heavy atom.